The fraction of sp³-hybridized carbons (Fsp3) is 0.400. The molecule has 4 aliphatic rings. The Labute approximate surface area is 235 Å². The van der Waals surface area contributed by atoms with Gasteiger partial charge < -0.3 is 5.32 Å². The van der Waals surface area contributed by atoms with Crippen molar-refractivity contribution in [3.8, 4) is 11.3 Å². The summed E-state index contributed by atoms with van der Waals surface area (Å²) in [6, 6.07) is 5.86. The first kappa shape index (κ1) is 25.6. The van der Waals surface area contributed by atoms with E-state index in [1.807, 2.05) is 11.6 Å². The number of nitrogens with zero attached hydrogens (tertiary/aromatic N) is 4. The second-order valence-corrected chi connectivity index (χ2v) is 11.6. The average molecular weight is 557 g/mol. The van der Waals surface area contributed by atoms with E-state index in [4.69, 9.17) is 5.10 Å². The topological polar surface area (TPSA) is 126 Å². The highest BCUT2D eigenvalue weighted by molar-refractivity contribution is 6.23. The molecule has 2 aromatic heterocycles. The van der Waals surface area contributed by atoms with Gasteiger partial charge in [0.2, 0.25) is 11.8 Å². The van der Waals surface area contributed by atoms with E-state index in [2.05, 4.69) is 21.8 Å². The molecule has 1 aromatic carbocycles. The highest BCUT2D eigenvalue weighted by atomic mass is 19.1. The summed E-state index contributed by atoms with van der Waals surface area (Å²) in [5.74, 6) is -1.53. The molecule has 4 heterocycles. The summed E-state index contributed by atoms with van der Waals surface area (Å²) in [4.78, 5) is 55.1. The van der Waals surface area contributed by atoms with Crippen molar-refractivity contribution in [3.63, 3.8) is 0 Å². The Hall–Kier alpha value is -4.41. The first-order chi connectivity index (χ1) is 19.8. The summed E-state index contributed by atoms with van der Waals surface area (Å²) in [5, 5.41) is 10.5. The fourth-order valence-electron chi connectivity index (χ4n) is 6.18. The number of hydrogen-bond donors (Lipinski definition) is 2. The van der Waals surface area contributed by atoms with Gasteiger partial charge in [-0.15, -0.1) is 0 Å². The summed E-state index contributed by atoms with van der Waals surface area (Å²) in [5.41, 5.74) is 4.90. The number of rotatable bonds is 7. The molecule has 7 rings (SSSR count). The largest absolute Gasteiger partial charge is 0.385 e. The maximum atomic E-state index is 13.6. The highest BCUT2D eigenvalue weighted by Gasteiger charge is 2.44. The predicted octanol–water partition coefficient (Wildman–Crippen LogP) is 3.73. The number of carbonyl (C=O) groups is 4. The van der Waals surface area contributed by atoms with Crippen LogP contribution in [0, 0.1) is 18.7 Å². The van der Waals surface area contributed by atoms with Crippen LogP contribution in [0.25, 0.3) is 11.3 Å². The number of benzene rings is 1. The van der Waals surface area contributed by atoms with Gasteiger partial charge in [0.1, 0.15) is 11.9 Å². The van der Waals surface area contributed by atoms with E-state index < -0.39 is 29.7 Å². The van der Waals surface area contributed by atoms with Gasteiger partial charge in [0, 0.05) is 36.3 Å². The molecule has 210 valence electrons. The highest BCUT2D eigenvalue weighted by Crippen LogP contribution is 2.46. The molecule has 10 nitrogen and oxygen atoms in total. The van der Waals surface area contributed by atoms with E-state index in [1.54, 1.807) is 18.2 Å². The molecule has 0 radical (unpaired) electrons. The lowest BCUT2D eigenvalue weighted by Crippen LogP contribution is -2.54. The zero-order valence-corrected chi connectivity index (χ0v) is 22.5. The Morgan fingerprint density at radius 3 is 2.54 bits per heavy atom. The van der Waals surface area contributed by atoms with E-state index in [-0.39, 0.29) is 35.8 Å². The maximum absolute atomic E-state index is 13.6. The van der Waals surface area contributed by atoms with Crippen molar-refractivity contribution in [3.05, 3.63) is 64.9 Å². The molecule has 1 unspecified atom stereocenters. The van der Waals surface area contributed by atoms with Crippen molar-refractivity contribution < 1.29 is 23.6 Å². The molecule has 41 heavy (non-hydrogen) atoms. The normalized spacial score (nSPS) is 23.9. The first-order valence-electron chi connectivity index (χ1n) is 14.1. The predicted molar refractivity (Wildman–Crippen MR) is 145 cm³/mol. The van der Waals surface area contributed by atoms with E-state index in [1.165, 1.54) is 12.3 Å². The standard InChI is InChI=1S/C30H29FN6O4/c1-15-8-18(31)13-33-26(15)23-14-36(35-27(23)17-2-3-17)20-9-16(10-20)12-32-19-4-5-21-22(11-19)30(41)37(29(21)40)24-6-7-25(38)34-28(24)39/h4-5,8,11,13-14,16-17,20,24,32H,2-3,6-7,9-10,12H2,1H3,(H,34,38,39)/t16-,20-,24?. The summed E-state index contributed by atoms with van der Waals surface area (Å²) in [7, 11) is 0. The van der Waals surface area contributed by atoms with Crippen LogP contribution in [0.15, 0.2) is 36.7 Å². The molecule has 2 N–H and O–H groups in total. The first-order valence-corrected chi connectivity index (χ1v) is 14.1. The minimum absolute atomic E-state index is 0.0868. The van der Waals surface area contributed by atoms with Crippen molar-refractivity contribution in [2.24, 2.45) is 5.92 Å². The molecular weight excluding hydrogens is 527 g/mol. The number of carbonyl (C=O) groups excluding carboxylic acids is 4. The van der Waals surface area contributed by atoms with Gasteiger partial charge in [-0.2, -0.15) is 5.10 Å². The second-order valence-electron chi connectivity index (χ2n) is 11.6. The van der Waals surface area contributed by atoms with Crippen molar-refractivity contribution in [2.75, 3.05) is 11.9 Å². The van der Waals surface area contributed by atoms with Crippen LogP contribution in [0.2, 0.25) is 0 Å². The van der Waals surface area contributed by atoms with Crippen LogP contribution in [-0.4, -0.2) is 55.9 Å². The molecule has 2 saturated carbocycles. The Morgan fingerprint density at radius 1 is 1.02 bits per heavy atom. The third kappa shape index (κ3) is 4.49. The third-order valence-corrected chi connectivity index (χ3v) is 8.64. The maximum Gasteiger partial charge on any atom is 0.262 e. The van der Waals surface area contributed by atoms with E-state index in [0.717, 1.165) is 58.8 Å². The van der Waals surface area contributed by atoms with Gasteiger partial charge in [0.05, 0.1) is 34.8 Å². The van der Waals surface area contributed by atoms with Crippen LogP contribution >= 0.6 is 0 Å². The van der Waals surface area contributed by atoms with Gasteiger partial charge in [0.25, 0.3) is 11.8 Å². The summed E-state index contributed by atoms with van der Waals surface area (Å²) in [6.45, 7) is 2.58. The SMILES string of the molecule is Cc1cc(F)cnc1-c1cn([C@H]2C[C@H](CNc3ccc4c(c3)C(=O)N(C3CCC(=O)NC3=O)C4=O)C2)nc1C1CC1. The van der Waals surface area contributed by atoms with Gasteiger partial charge in [-0.05, 0) is 74.8 Å². The number of amides is 4. The molecule has 3 fully saturated rings. The molecule has 0 spiro atoms. The molecule has 11 heteroatoms. The van der Waals surface area contributed by atoms with Gasteiger partial charge in [-0.1, -0.05) is 0 Å². The van der Waals surface area contributed by atoms with Crippen LogP contribution in [0.4, 0.5) is 10.1 Å². The van der Waals surface area contributed by atoms with Crippen LogP contribution in [-0.2, 0) is 9.59 Å². The van der Waals surface area contributed by atoms with Gasteiger partial charge in [-0.25, -0.2) is 4.39 Å². The summed E-state index contributed by atoms with van der Waals surface area (Å²) < 4.78 is 15.7. The number of piperidine rings is 1. The second kappa shape index (κ2) is 9.60. The summed E-state index contributed by atoms with van der Waals surface area (Å²) in [6.07, 6.45) is 7.65. The number of pyridine rings is 1. The average Bonchev–Trinajstić information content (AvgIpc) is 3.63. The van der Waals surface area contributed by atoms with Crippen molar-refractivity contribution in [2.45, 2.75) is 63.5 Å². The fourth-order valence-corrected chi connectivity index (χ4v) is 6.18. The van der Waals surface area contributed by atoms with Crippen LogP contribution in [0.1, 0.15) is 82.5 Å². The number of nitrogens with one attached hydrogen (secondary N) is 2. The molecule has 2 aliphatic carbocycles. The number of aromatic nitrogens is 3. The van der Waals surface area contributed by atoms with Crippen LogP contribution < -0.4 is 10.6 Å². The quantitative estimate of drug-likeness (QED) is 0.425. The third-order valence-electron chi connectivity index (χ3n) is 8.64. The molecular formula is C30H29FN6O4. The van der Waals surface area contributed by atoms with Crippen LogP contribution in [0.5, 0.6) is 0 Å². The lowest BCUT2D eigenvalue weighted by Gasteiger charge is -2.35. The van der Waals surface area contributed by atoms with Gasteiger partial charge in [0.15, 0.2) is 0 Å². The molecule has 4 amide bonds. The Balaban J connectivity index is 0.994. The Morgan fingerprint density at radius 2 is 1.80 bits per heavy atom. The van der Waals surface area contributed by atoms with E-state index in [9.17, 15) is 23.6 Å². The zero-order valence-electron chi connectivity index (χ0n) is 22.5. The zero-order chi connectivity index (χ0) is 28.4. The minimum Gasteiger partial charge on any atom is -0.385 e. The molecule has 3 aromatic rings. The number of anilines is 1. The Kier molecular flexibility index (Phi) is 5.98. The lowest BCUT2D eigenvalue weighted by molar-refractivity contribution is -0.136. The molecule has 2 aliphatic heterocycles. The van der Waals surface area contributed by atoms with E-state index in [0.29, 0.717) is 18.4 Å². The monoisotopic (exact) mass is 556 g/mol. The van der Waals surface area contributed by atoms with Gasteiger partial charge in [-0.3, -0.25) is 39.1 Å². The summed E-state index contributed by atoms with van der Waals surface area (Å²) >= 11 is 0. The number of halogens is 1. The smallest absolute Gasteiger partial charge is 0.262 e. The number of fused-ring (bicyclic) bond motifs is 1. The molecule has 1 atom stereocenters. The minimum atomic E-state index is -0.977. The van der Waals surface area contributed by atoms with Crippen molar-refractivity contribution in [1.82, 2.24) is 25.0 Å². The number of hydrogen-bond acceptors (Lipinski definition) is 7. The van der Waals surface area contributed by atoms with Crippen LogP contribution in [0.3, 0.4) is 0 Å². The van der Waals surface area contributed by atoms with Crippen molar-refractivity contribution >= 4 is 29.3 Å². The molecule has 1 saturated heterocycles. The van der Waals surface area contributed by atoms with Crippen molar-refractivity contribution in [1.29, 1.82) is 0 Å². The lowest BCUT2D eigenvalue weighted by atomic mass is 9.80. The van der Waals surface area contributed by atoms with E-state index >= 15 is 0 Å². The van der Waals surface area contributed by atoms with Gasteiger partial charge >= 0.3 is 0 Å². The molecule has 0 bridgehead atoms. The number of aryl methyl sites for hydroxylation is 1. The Bertz CT molecular complexity index is 1620. The number of imide groups is 2.